The fourth-order valence-electron chi connectivity index (χ4n) is 3.14. The number of nitrogens with one attached hydrogen (secondary N) is 2. The highest BCUT2D eigenvalue weighted by atomic mass is 32.2. The van der Waals surface area contributed by atoms with Crippen LogP contribution in [0.2, 0.25) is 0 Å². The van der Waals surface area contributed by atoms with Crippen LogP contribution in [0.25, 0.3) is 0 Å². The largest absolute Gasteiger partial charge is 0.495 e. The summed E-state index contributed by atoms with van der Waals surface area (Å²) in [5.74, 6) is 1.06. The van der Waals surface area contributed by atoms with Crippen LogP contribution >= 0.6 is 11.8 Å². The number of carbonyl (C=O) groups excluding carboxylic acids is 2. The van der Waals surface area contributed by atoms with Crippen LogP contribution in [0.3, 0.4) is 0 Å². The van der Waals surface area contributed by atoms with Gasteiger partial charge >= 0.3 is 6.03 Å². The van der Waals surface area contributed by atoms with E-state index in [1.807, 2.05) is 24.3 Å². The monoisotopic (exact) mass is 420 g/mol. The molecule has 0 spiro atoms. The Balaban J connectivity index is 1.49. The molecule has 1 aliphatic heterocycles. The molecule has 3 aromatic rings. The van der Waals surface area contributed by atoms with E-state index in [1.165, 1.54) is 0 Å². The molecule has 0 unspecified atom stereocenters. The fourth-order valence-corrected chi connectivity index (χ4v) is 4.06. The van der Waals surface area contributed by atoms with Crippen molar-refractivity contribution >= 4 is 40.8 Å². The van der Waals surface area contributed by atoms with Crippen molar-refractivity contribution < 1.29 is 14.3 Å². The van der Waals surface area contributed by atoms with Crippen LogP contribution in [-0.2, 0) is 0 Å². The number of methoxy groups -OCH3 is 1. The zero-order chi connectivity index (χ0) is 20.9. The van der Waals surface area contributed by atoms with Crippen LogP contribution in [0.1, 0.15) is 10.4 Å². The summed E-state index contributed by atoms with van der Waals surface area (Å²) in [6, 6.07) is 17.4. The Morgan fingerprint density at radius 2 is 1.93 bits per heavy atom. The van der Waals surface area contributed by atoms with Crippen molar-refractivity contribution in [3.05, 3.63) is 72.4 Å². The number of thioether (sulfide) groups is 1. The minimum Gasteiger partial charge on any atom is -0.495 e. The van der Waals surface area contributed by atoms with Gasteiger partial charge in [0, 0.05) is 29.7 Å². The molecule has 30 heavy (non-hydrogen) atoms. The number of fused-ring (bicyclic) bond motifs is 1. The molecule has 0 saturated heterocycles. The first-order valence-corrected chi connectivity index (χ1v) is 10.3. The van der Waals surface area contributed by atoms with E-state index in [0.717, 1.165) is 16.5 Å². The normalized spacial score (nSPS) is 12.6. The van der Waals surface area contributed by atoms with Crippen LogP contribution in [-0.4, -0.2) is 36.3 Å². The standard InChI is InChI=1S/C22H20N4O3S/c1-29-19-10-3-2-8-17(19)25-20(27)15-6-4-7-16(14-15)24-22(28)26-12-13-30-21-18(26)9-5-11-23-21/h2-11,14H,12-13H2,1H3,(H,24,28)(H,25,27). The van der Waals surface area contributed by atoms with Crippen LogP contribution in [0.5, 0.6) is 5.75 Å². The van der Waals surface area contributed by atoms with Crippen LogP contribution in [0.15, 0.2) is 71.9 Å². The van der Waals surface area contributed by atoms with Crippen molar-refractivity contribution in [2.45, 2.75) is 5.03 Å². The lowest BCUT2D eigenvalue weighted by atomic mass is 10.1. The summed E-state index contributed by atoms with van der Waals surface area (Å²) in [7, 11) is 1.55. The highest BCUT2D eigenvalue weighted by molar-refractivity contribution is 7.99. The van der Waals surface area contributed by atoms with Crippen molar-refractivity contribution in [3.63, 3.8) is 0 Å². The third-order valence-electron chi connectivity index (χ3n) is 4.57. The molecule has 0 fully saturated rings. The fraction of sp³-hybridized carbons (Fsp3) is 0.136. The molecular weight excluding hydrogens is 400 g/mol. The molecule has 3 amide bonds. The average molecular weight is 420 g/mol. The predicted molar refractivity (Wildman–Crippen MR) is 119 cm³/mol. The number of ether oxygens (including phenoxy) is 1. The summed E-state index contributed by atoms with van der Waals surface area (Å²) < 4.78 is 5.27. The number of hydrogen-bond acceptors (Lipinski definition) is 5. The maximum atomic E-state index is 12.8. The van der Waals surface area contributed by atoms with Gasteiger partial charge in [-0.2, -0.15) is 0 Å². The molecule has 8 heteroatoms. The lowest BCUT2D eigenvalue weighted by Crippen LogP contribution is -2.38. The summed E-state index contributed by atoms with van der Waals surface area (Å²) in [5.41, 5.74) is 2.33. The molecule has 0 aliphatic carbocycles. The zero-order valence-electron chi connectivity index (χ0n) is 16.3. The number of carbonyl (C=O) groups is 2. The summed E-state index contributed by atoms with van der Waals surface area (Å²) in [4.78, 5) is 31.5. The molecule has 1 aliphatic rings. The van der Waals surface area contributed by atoms with Gasteiger partial charge in [0.15, 0.2) is 0 Å². The van der Waals surface area contributed by atoms with Gasteiger partial charge in [-0.1, -0.05) is 18.2 Å². The van der Waals surface area contributed by atoms with Crippen molar-refractivity contribution in [1.82, 2.24) is 4.98 Å². The average Bonchev–Trinajstić information content (AvgIpc) is 2.79. The molecule has 2 aromatic carbocycles. The molecule has 0 bridgehead atoms. The van der Waals surface area contributed by atoms with Gasteiger partial charge in [-0.25, -0.2) is 9.78 Å². The maximum absolute atomic E-state index is 12.8. The molecule has 152 valence electrons. The number of nitrogens with zero attached hydrogens (tertiary/aromatic N) is 2. The summed E-state index contributed by atoms with van der Waals surface area (Å²) in [5, 5.41) is 6.55. The zero-order valence-corrected chi connectivity index (χ0v) is 17.1. The van der Waals surface area contributed by atoms with Crippen LogP contribution in [0, 0.1) is 0 Å². The number of hydrogen-bond donors (Lipinski definition) is 2. The lowest BCUT2D eigenvalue weighted by molar-refractivity contribution is 0.102. The van der Waals surface area contributed by atoms with E-state index >= 15 is 0 Å². The van der Waals surface area contributed by atoms with E-state index in [0.29, 0.717) is 29.2 Å². The number of anilines is 3. The molecule has 7 nitrogen and oxygen atoms in total. The summed E-state index contributed by atoms with van der Waals surface area (Å²) in [6.07, 6.45) is 1.72. The van der Waals surface area contributed by atoms with Gasteiger partial charge in [0.2, 0.25) is 0 Å². The molecule has 2 heterocycles. The van der Waals surface area contributed by atoms with E-state index < -0.39 is 0 Å². The molecule has 2 N–H and O–H groups in total. The second-order valence-electron chi connectivity index (χ2n) is 6.49. The van der Waals surface area contributed by atoms with E-state index in [-0.39, 0.29) is 11.9 Å². The Kier molecular flexibility index (Phi) is 5.85. The first kappa shape index (κ1) is 19.8. The van der Waals surface area contributed by atoms with Gasteiger partial charge in [0.1, 0.15) is 10.8 Å². The number of amides is 3. The van der Waals surface area contributed by atoms with Gasteiger partial charge < -0.3 is 15.4 Å². The number of rotatable bonds is 4. The second kappa shape index (κ2) is 8.87. The highest BCUT2D eigenvalue weighted by Crippen LogP contribution is 2.32. The maximum Gasteiger partial charge on any atom is 0.326 e. The molecular formula is C22H20N4O3S. The number of pyridine rings is 1. The van der Waals surface area contributed by atoms with Gasteiger partial charge in [-0.3, -0.25) is 9.69 Å². The Bertz CT molecular complexity index is 1090. The molecule has 0 saturated carbocycles. The highest BCUT2D eigenvalue weighted by Gasteiger charge is 2.23. The quantitative estimate of drug-likeness (QED) is 0.650. The second-order valence-corrected chi connectivity index (χ2v) is 7.58. The predicted octanol–water partition coefficient (Wildman–Crippen LogP) is 4.49. The first-order chi connectivity index (χ1) is 14.7. The Hall–Kier alpha value is -3.52. The Labute approximate surface area is 178 Å². The van der Waals surface area contributed by atoms with Gasteiger partial charge in [0.05, 0.1) is 18.5 Å². The topological polar surface area (TPSA) is 83.6 Å². The Morgan fingerprint density at radius 1 is 1.07 bits per heavy atom. The minimum atomic E-state index is -0.292. The molecule has 4 rings (SSSR count). The molecule has 0 atom stereocenters. The van der Waals surface area contributed by atoms with E-state index in [4.69, 9.17) is 4.74 Å². The smallest absolute Gasteiger partial charge is 0.326 e. The van der Waals surface area contributed by atoms with E-state index in [9.17, 15) is 9.59 Å². The van der Waals surface area contributed by atoms with Crippen LogP contribution in [0.4, 0.5) is 21.9 Å². The van der Waals surface area contributed by atoms with Gasteiger partial charge in [-0.15, -0.1) is 11.8 Å². The SMILES string of the molecule is COc1ccccc1NC(=O)c1cccc(NC(=O)N2CCSc3ncccc32)c1. The number of benzene rings is 2. The third kappa shape index (κ3) is 4.23. The van der Waals surface area contributed by atoms with Crippen molar-refractivity contribution in [1.29, 1.82) is 0 Å². The van der Waals surface area contributed by atoms with Crippen molar-refractivity contribution in [3.8, 4) is 5.75 Å². The number of para-hydroxylation sites is 2. The number of urea groups is 1. The van der Waals surface area contributed by atoms with E-state index in [2.05, 4.69) is 15.6 Å². The van der Waals surface area contributed by atoms with Crippen molar-refractivity contribution in [2.24, 2.45) is 0 Å². The first-order valence-electron chi connectivity index (χ1n) is 9.36. The number of aromatic nitrogens is 1. The summed E-state index contributed by atoms with van der Waals surface area (Å²) in [6.45, 7) is 0.586. The third-order valence-corrected chi connectivity index (χ3v) is 5.55. The molecule has 0 radical (unpaired) electrons. The summed E-state index contributed by atoms with van der Waals surface area (Å²) >= 11 is 1.63. The van der Waals surface area contributed by atoms with Gasteiger partial charge in [0.25, 0.3) is 5.91 Å². The lowest BCUT2D eigenvalue weighted by Gasteiger charge is -2.28. The van der Waals surface area contributed by atoms with Crippen LogP contribution < -0.4 is 20.3 Å². The van der Waals surface area contributed by atoms with Gasteiger partial charge in [-0.05, 0) is 42.5 Å². The van der Waals surface area contributed by atoms with E-state index in [1.54, 1.807) is 66.4 Å². The minimum absolute atomic E-state index is 0.258. The Morgan fingerprint density at radius 3 is 2.80 bits per heavy atom. The van der Waals surface area contributed by atoms with Crippen molar-refractivity contribution in [2.75, 3.05) is 34.9 Å². The molecule has 1 aromatic heterocycles.